The number of rotatable bonds is 3. The lowest BCUT2D eigenvalue weighted by atomic mass is 10.00. The van der Waals surface area contributed by atoms with E-state index >= 15 is 0 Å². The molecule has 1 saturated heterocycles. The summed E-state index contributed by atoms with van der Waals surface area (Å²) in [5.74, 6) is 1.66. The van der Waals surface area contributed by atoms with Crippen LogP contribution >= 0.6 is 0 Å². The number of aromatic amines is 1. The quantitative estimate of drug-likeness (QED) is 0.757. The van der Waals surface area contributed by atoms with Crippen molar-refractivity contribution in [2.75, 3.05) is 31.6 Å². The second-order valence-electron chi connectivity index (χ2n) is 7.75. The van der Waals surface area contributed by atoms with Gasteiger partial charge in [-0.1, -0.05) is 30.3 Å². The molecule has 28 heavy (non-hydrogen) atoms. The molecule has 1 N–H and O–H groups in total. The lowest BCUT2D eigenvalue weighted by Gasteiger charge is -2.21. The van der Waals surface area contributed by atoms with Gasteiger partial charge in [0.2, 0.25) is 0 Å². The number of alkyl halides is 1. The monoisotopic (exact) mass is 377 g/mol. The Labute approximate surface area is 164 Å². The number of pyridine rings is 1. The molecule has 1 fully saturated rings. The van der Waals surface area contributed by atoms with Crippen LogP contribution < -0.4 is 4.90 Å². The van der Waals surface area contributed by atoms with E-state index in [2.05, 4.69) is 38.9 Å². The topological polar surface area (TPSA) is 48.1 Å². The van der Waals surface area contributed by atoms with E-state index in [-0.39, 0.29) is 0 Å². The molecular weight excluding hydrogens is 353 g/mol. The smallest absolute Gasteiger partial charge is 0.142 e. The summed E-state index contributed by atoms with van der Waals surface area (Å²) in [6.07, 6.45) is 2.52. The Kier molecular flexibility index (Phi) is 4.36. The van der Waals surface area contributed by atoms with Crippen LogP contribution in [-0.2, 0) is 13.0 Å². The highest BCUT2D eigenvalue weighted by Gasteiger charge is 2.28. The van der Waals surface area contributed by atoms with Gasteiger partial charge in [-0.3, -0.25) is 0 Å². The zero-order valence-electron chi connectivity index (χ0n) is 16.0. The number of hydrogen-bond acceptors (Lipinski definition) is 4. The fraction of sp³-hybridized carbons (Fsp3) is 0.364. The molecule has 6 heteroatoms. The van der Waals surface area contributed by atoms with Crippen molar-refractivity contribution in [1.82, 2.24) is 19.9 Å². The third-order valence-corrected chi connectivity index (χ3v) is 5.71. The van der Waals surface area contributed by atoms with E-state index in [0.29, 0.717) is 19.5 Å². The molecule has 1 aromatic carbocycles. The average Bonchev–Trinajstić information content (AvgIpc) is 3.33. The summed E-state index contributed by atoms with van der Waals surface area (Å²) < 4.78 is 13.9. The first-order chi connectivity index (χ1) is 13.7. The van der Waals surface area contributed by atoms with E-state index in [1.54, 1.807) is 0 Å². The molecule has 0 saturated carbocycles. The number of nitrogens with zero attached hydrogens (tertiary/aromatic N) is 4. The third-order valence-electron chi connectivity index (χ3n) is 5.71. The van der Waals surface area contributed by atoms with E-state index in [1.807, 2.05) is 30.5 Å². The first-order valence-corrected chi connectivity index (χ1v) is 9.89. The maximum atomic E-state index is 13.9. The summed E-state index contributed by atoms with van der Waals surface area (Å²) in [6, 6.07) is 12.3. The summed E-state index contributed by atoms with van der Waals surface area (Å²) in [5, 5.41) is 0. The number of H-pyrrole nitrogens is 1. The first kappa shape index (κ1) is 17.4. The van der Waals surface area contributed by atoms with Gasteiger partial charge in [0, 0.05) is 32.3 Å². The van der Waals surface area contributed by atoms with Gasteiger partial charge < -0.3 is 14.8 Å². The first-order valence-electron chi connectivity index (χ1n) is 9.89. The van der Waals surface area contributed by atoms with E-state index in [1.165, 1.54) is 5.69 Å². The summed E-state index contributed by atoms with van der Waals surface area (Å²) in [4.78, 5) is 17.5. The van der Waals surface area contributed by atoms with Crippen molar-refractivity contribution >= 4 is 5.82 Å². The average molecular weight is 377 g/mol. The number of benzene rings is 1. The van der Waals surface area contributed by atoms with Crippen LogP contribution in [0.2, 0.25) is 0 Å². The van der Waals surface area contributed by atoms with Crippen molar-refractivity contribution in [3.8, 4) is 22.5 Å². The van der Waals surface area contributed by atoms with Gasteiger partial charge in [-0.25, -0.2) is 14.4 Å². The summed E-state index contributed by atoms with van der Waals surface area (Å²) in [5.41, 5.74) is 5.46. The Balaban J connectivity index is 1.68. The molecule has 4 heterocycles. The number of imidazole rings is 1. The predicted octanol–water partition coefficient (Wildman–Crippen LogP) is 3.67. The maximum Gasteiger partial charge on any atom is 0.142 e. The molecule has 0 aliphatic carbocycles. The lowest BCUT2D eigenvalue weighted by molar-refractivity contribution is 0.307. The Morgan fingerprint density at radius 1 is 1.14 bits per heavy atom. The number of aromatic nitrogens is 3. The number of fused-ring (bicyclic) bond motifs is 1. The molecule has 2 aromatic heterocycles. The highest BCUT2D eigenvalue weighted by atomic mass is 19.1. The molecule has 0 spiro atoms. The fourth-order valence-electron chi connectivity index (χ4n) is 4.24. The largest absolute Gasteiger partial charge is 0.353 e. The van der Waals surface area contributed by atoms with Crippen LogP contribution in [0.5, 0.6) is 0 Å². The van der Waals surface area contributed by atoms with Gasteiger partial charge in [-0.05, 0) is 30.7 Å². The molecule has 5 rings (SSSR count). The van der Waals surface area contributed by atoms with Gasteiger partial charge in [0.15, 0.2) is 0 Å². The lowest BCUT2D eigenvalue weighted by Crippen LogP contribution is -2.26. The van der Waals surface area contributed by atoms with Crippen LogP contribution in [0.4, 0.5) is 10.2 Å². The molecule has 2 aliphatic heterocycles. The van der Waals surface area contributed by atoms with Crippen molar-refractivity contribution in [2.45, 2.75) is 25.6 Å². The van der Waals surface area contributed by atoms with Gasteiger partial charge >= 0.3 is 0 Å². The third kappa shape index (κ3) is 3.07. The van der Waals surface area contributed by atoms with E-state index < -0.39 is 6.17 Å². The Morgan fingerprint density at radius 2 is 2.00 bits per heavy atom. The van der Waals surface area contributed by atoms with Crippen LogP contribution in [0.1, 0.15) is 17.8 Å². The van der Waals surface area contributed by atoms with Crippen LogP contribution in [0.3, 0.4) is 0 Å². The molecule has 0 radical (unpaired) electrons. The predicted molar refractivity (Wildman–Crippen MR) is 109 cm³/mol. The number of halogens is 1. The highest BCUT2D eigenvalue weighted by Crippen LogP contribution is 2.39. The normalized spacial score (nSPS) is 19.8. The molecule has 0 amide bonds. The van der Waals surface area contributed by atoms with Gasteiger partial charge in [0.25, 0.3) is 0 Å². The molecule has 2 aliphatic rings. The Morgan fingerprint density at radius 3 is 2.79 bits per heavy atom. The van der Waals surface area contributed by atoms with Crippen molar-refractivity contribution in [1.29, 1.82) is 0 Å². The Hall–Kier alpha value is -2.73. The summed E-state index contributed by atoms with van der Waals surface area (Å²) >= 11 is 0. The molecule has 144 valence electrons. The number of nitrogens with one attached hydrogen (secondary N) is 1. The van der Waals surface area contributed by atoms with Crippen molar-refractivity contribution < 1.29 is 4.39 Å². The van der Waals surface area contributed by atoms with Gasteiger partial charge in [0.1, 0.15) is 17.8 Å². The molecule has 3 aromatic rings. The maximum absolute atomic E-state index is 13.9. The minimum Gasteiger partial charge on any atom is -0.353 e. The molecule has 0 unspecified atom stereocenters. The second-order valence-corrected chi connectivity index (χ2v) is 7.75. The van der Waals surface area contributed by atoms with Gasteiger partial charge in [-0.15, -0.1) is 0 Å². The minimum absolute atomic E-state index is 0.390. The van der Waals surface area contributed by atoms with Crippen LogP contribution in [0.25, 0.3) is 22.5 Å². The molecular formula is C22H24FN5. The highest BCUT2D eigenvalue weighted by molar-refractivity contribution is 5.88. The zero-order chi connectivity index (χ0) is 19.1. The van der Waals surface area contributed by atoms with E-state index in [0.717, 1.165) is 53.5 Å². The van der Waals surface area contributed by atoms with E-state index in [9.17, 15) is 4.39 Å². The SMILES string of the molecule is CN1CCc2nc(-c3c(-c4ccccc4)ccnc3N3CC[C@H](F)C3)[nH]c2C1. The minimum atomic E-state index is -0.798. The second kappa shape index (κ2) is 7.02. The van der Waals surface area contributed by atoms with E-state index in [4.69, 9.17) is 4.98 Å². The number of anilines is 1. The van der Waals surface area contributed by atoms with Crippen LogP contribution in [0.15, 0.2) is 42.6 Å². The van der Waals surface area contributed by atoms with Crippen LogP contribution in [-0.4, -0.2) is 52.7 Å². The van der Waals surface area contributed by atoms with Gasteiger partial charge in [0.05, 0.1) is 23.5 Å². The molecule has 5 nitrogen and oxygen atoms in total. The molecule has 0 bridgehead atoms. The summed E-state index contributed by atoms with van der Waals surface area (Å²) in [7, 11) is 2.12. The Bertz CT molecular complexity index is 984. The van der Waals surface area contributed by atoms with Crippen molar-refractivity contribution in [2.24, 2.45) is 0 Å². The summed E-state index contributed by atoms with van der Waals surface area (Å²) in [6.45, 7) is 2.96. The molecule has 1 atom stereocenters. The zero-order valence-corrected chi connectivity index (χ0v) is 16.0. The fourth-order valence-corrected chi connectivity index (χ4v) is 4.24. The van der Waals surface area contributed by atoms with Crippen LogP contribution in [0, 0.1) is 0 Å². The van der Waals surface area contributed by atoms with Crippen molar-refractivity contribution in [3.05, 3.63) is 54.0 Å². The van der Waals surface area contributed by atoms with Gasteiger partial charge in [-0.2, -0.15) is 0 Å². The van der Waals surface area contributed by atoms with Crippen molar-refractivity contribution in [3.63, 3.8) is 0 Å². The standard InChI is InChI=1S/C22H24FN5/c1-27-11-9-18-19(14-27)26-21(25-18)20-17(15-5-3-2-4-6-15)7-10-24-22(20)28-12-8-16(23)13-28/h2-7,10,16H,8-9,11-14H2,1H3,(H,25,26)/t16-/m0/s1. The number of hydrogen-bond donors (Lipinski definition) is 1. The number of likely N-dealkylation sites (N-methyl/N-ethyl adjacent to an activating group) is 1.